The molecule has 0 radical (unpaired) electrons. The maximum atomic E-state index is 5.48. The molecule has 8 heteroatoms. The number of hydrogen-bond donors (Lipinski definition) is 2. The average molecular weight is 270 g/mol. The first-order chi connectivity index (χ1) is 9.10. The standard InChI is InChI=1S/C11H22N6O2/c1-5-17(6-7-18-4)10-13-9(16-12)14-11(15-10)19-8(2)3/h8H,5-7,12H2,1-4H3,(H,13,14,15,16). The minimum atomic E-state index is -0.0186. The Bertz CT molecular complexity index is 387. The molecule has 0 aliphatic rings. The van der Waals surface area contributed by atoms with Crippen LogP contribution in [0, 0.1) is 0 Å². The van der Waals surface area contributed by atoms with Crippen LogP contribution in [-0.2, 0) is 4.74 Å². The second kappa shape index (κ2) is 7.70. The molecule has 8 nitrogen and oxygen atoms in total. The summed E-state index contributed by atoms with van der Waals surface area (Å²) in [5.74, 6) is 6.15. The third-order valence-electron chi connectivity index (χ3n) is 2.30. The van der Waals surface area contributed by atoms with Crippen LogP contribution in [0.15, 0.2) is 0 Å². The Balaban J connectivity index is 2.96. The van der Waals surface area contributed by atoms with E-state index in [1.807, 2.05) is 25.7 Å². The fourth-order valence-corrected chi connectivity index (χ4v) is 1.42. The van der Waals surface area contributed by atoms with Crippen LogP contribution in [0.5, 0.6) is 6.01 Å². The summed E-state index contributed by atoms with van der Waals surface area (Å²) < 4.78 is 10.5. The topological polar surface area (TPSA) is 98.4 Å². The lowest BCUT2D eigenvalue weighted by Crippen LogP contribution is -2.29. The molecule has 0 aliphatic heterocycles. The summed E-state index contributed by atoms with van der Waals surface area (Å²) in [6.45, 7) is 7.84. The minimum Gasteiger partial charge on any atom is -0.461 e. The summed E-state index contributed by atoms with van der Waals surface area (Å²) in [4.78, 5) is 14.5. The number of nitrogens with one attached hydrogen (secondary N) is 1. The number of hydrazine groups is 1. The van der Waals surface area contributed by atoms with Crippen LogP contribution in [0.1, 0.15) is 20.8 Å². The number of aromatic nitrogens is 3. The number of nitrogens with two attached hydrogens (primary N) is 1. The molecule has 1 aromatic rings. The molecule has 3 N–H and O–H groups in total. The van der Waals surface area contributed by atoms with E-state index in [4.69, 9.17) is 15.3 Å². The predicted octanol–water partition coefficient (Wildman–Crippen LogP) is 0.417. The van der Waals surface area contributed by atoms with Crippen LogP contribution in [-0.4, -0.2) is 47.9 Å². The Morgan fingerprint density at radius 1 is 1.32 bits per heavy atom. The number of nitrogen functional groups attached to an aromatic ring is 1. The molecular formula is C11H22N6O2. The van der Waals surface area contributed by atoms with E-state index in [2.05, 4.69) is 20.4 Å². The van der Waals surface area contributed by atoms with E-state index in [1.165, 1.54) is 0 Å². The zero-order chi connectivity index (χ0) is 14.3. The molecule has 0 aliphatic carbocycles. The molecule has 0 amide bonds. The van der Waals surface area contributed by atoms with E-state index in [-0.39, 0.29) is 18.1 Å². The quantitative estimate of drug-likeness (QED) is 0.518. The van der Waals surface area contributed by atoms with Gasteiger partial charge in [-0.2, -0.15) is 15.0 Å². The van der Waals surface area contributed by atoms with E-state index >= 15 is 0 Å². The van der Waals surface area contributed by atoms with Gasteiger partial charge in [0, 0.05) is 20.2 Å². The van der Waals surface area contributed by atoms with Gasteiger partial charge in [0.15, 0.2) is 0 Å². The highest BCUT2D eigenvalue weighted by atomic mass is 16.5. The maximum Gasteiger partial charge on any atom is 0.323 e. The number of likely N-dealkylation sites (N-methyl/N-ethyl adjacent to an activating group) is 1. The Kier molecular flexibility index (Phi) is 6.23. The van der Waals surface area contributed by atoms with Crippen LogP contribution < -0.4 is 20.9 Å². The fraction of sp³-hybridized carbons (Fsp3) is 0.727. The van der Waals surface area contributed by atoms with Crippen molar-refractivity contribution < 1.29 is 9.47 Å². The third kappa shape index (κ3) is 4.84. The van der Waals surface area contributed by atoms with Gasteiger partial charge < -0.3 is 14.4 Å². The summed E-state index contributed by atoms with van der Waals surface area (Å²) in [5.41, 5.74) is 2.42. The van der Waals surface area contributed by atoms with Gasteiger partial charge >= 0.3 is 6.01 Å². The van der Waals surface area contributed by atoms with E-state index in [0.29, 0.717) is 19.1 Å². The first kappa shape index (κ1) is 15.4. The second-order valence-electron chi connectivity index (χ2n) is 4.13. The van der Waals surface area contributed by atoms with E-state index < -0.39 is 0 Å². The van der Waals surface area contributed by atoms with Crippen LogP contribution in [0.4, 0.5) is 11.9 Å². The molecule has 1 rings (SSSR count). The third-order valence-corrected chi connectivity index (χ3v) is 2.30. The monoisotopic (exact) mass is 270 g/mol. The molecule has 0 spiro atoms. The van der Waals surface area contributed by atoms with Crippen molar-refractivity contribution in [3.8, 4) is 6.01 Å². The van der Waals surface area contributed by atoms with Gasteiger partial charge in [0.25, 0.3) is 0 Å². The largest absolute Gasteiger partial charge is 0.461 e. The van der Waals surface area contributed by atoms with Gasteiger partial charge in [-0.3, -0.25) is 5.43 Å². The normalized spacial score (nSPS) is 10.6. The van der Waals surface area contributed by atoms with Gasteiger partial charge in [0.1, 0.15) is 0 Å². The summed E-state index contributed by atoms with van der Waals surface area (Å²) in [5, 5.41) is 0. The number of nitrogens with zero attached hydrogens (tertiary/aromatic N) is 4. The lowest BCUT2D eigenvalue weighted by Gasteiger charge is -2.21. The number of rotatable bonds is 8. The predicted molar refractivity (Wildman–Crippen MR) is 73.2 cm³/mol. The zero-order valence-corrected chi connectivity index (χ0v) is 11.9. The highest BCUT2D eigenvalue weighted by Gasteiger charge is 2.13. The first-order valence-corrected chi connectivity index (χ1v) is 6.23. The van der Waals surface area contributed by atoms with Crippen molar-refractivity contribution in [1.82, 2.24) is 15.0 Å². The van der Waals surface area contributed by atoms with Crippen LogP contribution in [0.3, 0.4) is 0 Å². The van der Waals surface area contributed by atoms with Gasteiger partial charge in [-0.15, -0.1) is 0 Å². The second-order valence-corrected chi connectivity index (χ2v) is 4.13. The highest BCUT2D eigenvalue weighted by molar-refractivity contribution is 5.37. The maximum absolute atomic E-state index is 5.48. The van der Waals surface area contributed by atoms with Gasteiger partial charge in [-0.1, -0.05) is 0 Å². The number of anilines is 2. The number of ether oxygens (including phenoxy) is 2. The zero-order valence-electron chi connectivity index (χ0n) is 11.9. The van der Waals surface area contributed by atoms with Gasteiger partial charge in [0.05, 0.1) is 12.7 Å². The van der Waals surface area contributed by atoms with E-state index in [1.54, 1.807) is 7.11 Å². The lowest BCUT2D eigenvalue weighted by molar-refractivity contribution is 0.204. The Morgan fingerprint density at radius 3 is 2.58 bits per heavy atom. The van der Waals surface area contributed by atoms with Gasteiger partial charge in [-0.05, 0) is 20.8 Å². The molecule has 0 unspecified atom stereocenters. The van der Waals surface area contributed by atoms with E-state index in [9.17, 15) is 0 Å². The fourth-order valence-electron chi connectivity index (χ4n) is 1.42. The van der Waals surface area contributed by atoms with Crippen LogP contribution in [0.25, 0.3) is 0 Å². The molecule has 0 aromatic carbocycles. The van der Waals surface area contributed by atoms with E-state index in [0.717, 1.165) is 6.54 Å². The average Bonchev–Trinajstić information content (AvgIpc) is 2.38. The Hall–Kier alpha value is -1.67. The van der Waals surface area contributed by atoms with Crippen molar-refractivity contribution in [3.05, 3.63) is 0 Å². The van der Waals surface area contributed by atoms with Crippen molar-refractivity contribution in [2.24, 2.45) is 5.84 Å². The Labute approximate surface area is 113 Å². The van der Waals surface area contributed by atoms with Crippen molar-refractivity contribution in [3.63, 3.8) is 0 Å². The number of methoxy groups -OCH3 is 1. The summed E-state index contributed by atoms with van der Waals surface area (Å²) in [6, 6.07) is 0.254. The molecule has 0 atom stereocenters. The molecule has 0 bridgehead atoms. The van der Waals surface area contributed by atoms with Crippen LogP contribution in [0.2, 0.25) is 0 Å². The molecule has 1 heterocycles. The highest BCUT2D eigenvalue weighted by Crippen LogP contribution is 2.15. The molecular weight excluding hydrogens is 248 g/mol. The van der Waals surface area contributed by atoms with Crippen molar-refractivity contribution in [2.75, 3.05) is 37.1 Å². The van der Waals surface area contributed by atoms with Crippen molar-refractivity contribution in [1.29, 1.82) is 0 Å². The summed E-state index contributed by atoms with van der Waals surface area (Å²) in [6.07, 6.45) is -0.0186. The van der Waals surface area contributed by atoms with Crippen LogP contribution >= 0.6 is 0 Å². The first-order valence-electron chi connectivity index (χ1n) is 6.23. The minimum absolute atomic E-state index is 0.0186. The molecule has 0 fully saturated rings. The molecule has 0 saturated heterocycles. The van der Waals surface area contributed by atoms with Crippen molar-refractivity contribution >= 4 is 11.9 Å². The summed E-state index contributed by atoms with van der Waals surface area (Å²) in [7, 11) is 1.65. The van der Waals surface area contributed by atoms with Gasteiger partial charge in [0.2, 0.25) is 11.9 Å². The van der Waals surface area contributed by atoms with Crippen molar-refractivity contribution in [2.45, 2.75) is 26.9 Å². The molecule has 1 aromatic heterocycles. The molecule has 19 heavy (non-hydrogen) atoms. The molecule has 108 valence electrons. The van der Waals surface area contributed by atoms with Gasteiger partial charge in [-0.25, -0.2) is 5.84 Å². The molecule has 0 saturated carbocycles. The smallest absolute Gasteiger partial charge is 0.323 e. The number of hydrogen-bond acceptors (Lipinski definition) is 8. The SMILES string of the molecule is CCN(CCOC)c1nc(NN)nc(OC(C)C)n1. The Morgan fingerprint density at radius 2 is 2.05 bits per heavy atom. The lowest BCUT2D eigenvalue weighted by atomic mass is 10.5. The summed E-state index contributed by atoms with van der Waals surface area (Å²) >= 11 is 0.